The molecule has 0 radical (unpaired) electrons. The van der Waals surface area contributed by atoms with Gasteiger partial charge in [0.15, 0.2) is 0 Å². The molecule has 2 N–H and O–H groups in total. The van der Waals surface area contributed by atoms with Crippen LogP contribution in [0.3, 0.4) is 0 Å². The third-order valence-electron chi connectivity index (χ3n) is 1.86. The first-order valence-corrected chi connectivity index (χ1v) is 5.17. The molecule has 1 aromatic rings. The summed E-state index contributed by atoms with van der Waals surface area (Å²) in [5.74, 6) is -0.611. The van der Waals surface area contributed by atoms with Crippen LogP contribution in [0.2, 0.25) is 0 Å². The van der Waals surface area contributed by atoms with Gasteiger partial charge in [-0.15, -0.1) is 13.2 Å². The van der Waals surface area contributed by atoms with Gasteiger partial charge in [0.25, 0.3) is 0 Å². The van der Waals surface area contributed by atoms with Gasteiger partial charge in [-0.3, -0.25) is 0 Å². The maximum atomic E-state index is 12.0. The monoisotopic (exact) mass is 309 g/mol. The molecule has 0 aliphatic carbocycles. The Hall–Kier alpha value is -1.33. The Labute approximate surface area is 103 Å². The van der Waals surface area contributed by atoms with E-state index in [1.807, 2.05) is 6.07 Å². The summed E-state index contributed by atoms with van der Waals surface area (Å²) in [6, 6.07) is 1.87. The molecule has 0 fully saturated rings. The van der Waals surface area contributed by atoms with Crippen molar-refractivity contribution in [3.63, 3.8) is 0 Å². The summed E-state index contributed by atoms with van der Waals surface area (Å²) in [5.41, 5.74) is 6.26. The summed E-state index contributed by atoms with van der Waals surface area (Å²) in [4.78, 5) is 3.50. The number of hydrogen-bond donors (Lipinski definition) is 1. The van der Waals surface area contributed by atoms with Gasteiger partial charge < -0.3 is 10.5 Å². The maximum absolute atomic E-state index is 12.0. The smallest absolute Gasteiger partial charge is 0.387 e. The highest BCUT2D eigenvalue weighted by atomic mass is 79.9. The van der Waals surface area contributed by atoms with E-state index in [-0.39, 0.29) is 17.4 Å². The second-order valence-corrected chi connectivity index (χ2v) is 3.76. The number of aromatic nitrogens is 1. The largest absolute Gasteiger partial charge is 0.574 e. The first-order chi connectivity index (χ1) is 7.89. The molecule has 0 amide bonds. The third-order valence-corrected chi connectivity index (χ3v) is 2.68. The highest BCUT2D eigenvalue weighted by molar-refractivity contribution is 9.10. The fourth-order valence-electron chi connectivity index (χ4n) is 1.18. The number of halogens is 4. The van der Waals surface area contributed by atoms with Crippen molar-refractivity contribution in [2.75, 3.05) is 0 Å². The van der Waals surface area contributed by atoms with Crippen LogP contribution in [0.5, 0.6) is 5.88 Å². The molecule has 1 aromatic heterocycles. The Kier molecular flexibility index (Phi) is 4.31. The lowest BCUT2D eigenvalue weighted by Crippen LogP contribution is -2.19. The van der Waals surface area contributed by atoms with Crippen molar-refractivity contribution in [3.8, 4) is 11.9 Å². The van der Waals surface area contributed by atoms with Crippen molar-refractivity contribution in [3.05, 3.63) is 21.8 Å². The van der Waals surface area contributed by atoms with E-state index >= 15 is 0 Å². The van der Waals surface area contributed by atoms with E-state index < -0.39 is 12.2 Å². The minimum Gasteiger partial charge on any atom is -0.387 e. The summed E-state index contributed by atoms with van der Waals surface area (Å²) >= 11 is 2.94. The summed E-state index contributed by atoms with van der Waals surface area (Å²) < 4.78 is 39.8. The minimum absolute atomic E-state index is 0.0183. The number of hydrogen-bond acceptors (Lipinski definition) is 4. The Morgan fingerprint density at radius 2 is 2.18 bits per heavy atom. The normalized spacial score (nSPS) is 11.1. The predicted molar refractivity (Wildman–Crippen MR) is 55.8 cm³/mol. The van der Waals surface area contributed by atoms with Crippen molar-refractivity contribution < 1.29 is 17.9 Å². The molecule has 0 saturated carbocycles. The summed E-state index contributed by atoms with van der Waals surface area (Å²) in [6.07, 6.45) is -3.65. The van der Waals surface area contributed by atoms with Crippen LogP contribution in [0.1, 0.15) is 11.1 Å². The molecule has 0 bridgehead atoms. The summed E-state index contributed by atoms with van der Waals surface area (Å²) in [6.45, 7) is -0.0195. The fourth-order valence-corrected chi connectivity index (χ4v) is 1.78. The molecule has 0 spiro atoms. The van der Waals surface area contributed by atoms with E-state index in [0.717, 1.165) is 6.20 Å². The number of nitrogens with two attached hydrogens (primary N) is 1. The number of nitriles is 1. The van der Waals surface area contributed by atoms with Crippen molar-refractivity contribution in [2.45, 2.75) is 19.3 Å². The average Bonchev–Trinajstić information content (AvgIpc) is 2.21. The van der Waals surface area contributed by atoms with Gasteiger partial charge in [-0.05, 0) is 27.1 Å². The molecule has 8 heteroatoms. The average molecular weight is 310 g/mol. The summed E-state index contributed by atoms with van der Waals surface area (Å²) in [5, 5.41) is 8.54. The predicted octanol–water partition coefficient (Wildman–Crippen LogP) is 2.27. The molecule has 0 atom stereocenters. The van der Waals surface area contributed by atoms with Crippen molar-refractivity contribution in [1.82, 2.24) is 4.98 Å². The topological polar surface area (TPSA) is 71.9 Å². The van der Waals surface area contributed by atoms with Crippen LogP contribution in [0.15, 0.2) is 10.7 Å². The first kappa shape index (κ1) is 13.7. The Bertz CT molecular complexity index is 456. The third kappa shape index (κ3) is 3.57. The lowest BCUT2D eigenvalue weighted by Gasteiger charge is -2.13. The Morgan fingerprint density at radius 3 is 2.65 bits per heavy atom. The molecule has 0 aliphatic heterocycles. The van der Waals surface area contributed by atoms with E-state index in [2.05, 4.69) is 25.7 Å². The van der Waals surface area contributed by atoms with Gasteiger partial charge in [0.05, 0.1) is 17.0 Å². The van der Waals surface area contributed by atoms with Crippen LogP contribution < -0.4 is 10.5 Å². The first-order valence-electron chi connectivity index (χ1n) is 4.38. The molecule has 92 valence electrons. The van der Waals surface area contributed by atoms with Crippen molar-refractivity contribution in [1.29, 1.82) is 5.26 Å². The number of alkyl halides is 3. The zero-order chi connectivity index (χ0) is 13.1. The summed E-state index contributed by atoms with van der Waals surface area (Å²) in [7, 11) is 0. The number of rotatable bonds is 3. The van der Waals surface area contributed by atoms with E-state index in [4.69, 9.17) is 11.0 Å². The molecule has 1 heterocycles. The van der Waals surface area contributed by atoms with Crippen LogP contribution in [0, 0.1) is 11.3 Å². The second-order valence-electron chi connectivity index (χ2n) is 2.97. The quantitative estimate of drug-likeness (QED) is 0.929. The lowest BCUT2D eigenvalue weighted by atomic mass is 10.1. The van der Waals surface area contributed by atoms with Crippen LogP contribution in [-0.2, 0) is 13.0 Å². The van der Waals surface area contributed by atoms with Crippen LogP contribution in [0.4, 0.5) is 13.2 Å². The number of nitrogens with zero attached hydrogens (tertiary/aromatic N) is 2. The van der Waals surface area contributed by atoms with Crippen molar-refractivity contribution >= 4 is 15.9 Å². The van der Waals surface area contributed by atoms with Gasteiger partial charge in [-0.25, -0.2) is 4.98 Å². The van der Waals surface area contributed by atoms with Gasteiger partial charge in [-0.1, -0.05) is 0 Å². The van der Waals surface area contributed by atoms with E-state index in [1.165, 1.54) is 0 Å². The van der Waals surface area contributed by atoms with Gasteiger partial charge in [-0.2, -0.15) is 5.26 Å². The molecule has 1 rings (SSSR count). The van der Waals surface area contributed by atoms with E-state index in [0.29, 0.717) is 11.1 Å². The van der Waals surface area contributed by atoms with Crippen LogP contribution in [-0.4, -0.2) is 11.3 Å². The minimum atomic E-state index is -4.82. The molecule has 17 heavy (non-hydrogen) atoms. The molecule has 0 aromatic carbocycles. The molecular formula is C9H7BrF3N3O. The zero-order valence-corrected chi connectivity index (χ0v) is 9.97. The molecule has 0 unspecified atom stereocenters. The highest BCUT2D eigenvalue weighted by Crippen LogP contribution is 2.32. The lowest BCUT2D eigenvalue weighted by molar-refractivity contribution is -0.276. The second kappa shape index (κ2) is 5.33. The number of ether oxygens (including phenoxy) is 1. The van der Waals surface area contributed by atoms with Gasteiger partial charge in [0.2, 0.25) is 5.88 Å². The number of pyridine rings is 1. The Balaban J connectivity index is 3.16. The van der Waals surface area contributed by atoms with E-state index in [9.17, 15) is 13.2 Å². The SMILES string of the molecule is N#CCc1cnc(OC(F)(F)F)c(Br)c1CN. The van der Waals surface area contributed by atoms with E-state index in [1.54, 1.807) is 0 Å². The molecule has 4 nitrogen and oxygen atoms in total. The van der Waals surface area contributed by atoms with Crippen molar-refractivity contribution in [2.24, 2.45) is 5.73 Å². The standard InChI is InChI=1S/C9H7BrF3N3O/c10-7-6(3-15)5(1-2-14)4-16-8(7)17-9(11,12)13/h4H,1,3,15H2. The molecule has 0 aliphatic rings. The fraction of sp³-hybridized carbons (Fsp3) is 0.333. The molecule has 0 saturated heterocycles. The van der Waals surface area contributed by atoms with Gasteiger partial charge in [0, 0.05) is 12.7 Å². The highest BCUT2D eigenvalue weighted by Gasteiger charge is 2.33. The zero-order valence-electron chi connectivity index (χ0n) is 8.38. The van der Waals surface area contributed by atoms with Crippen LogP contribution >= 0.6 is 15.9 Å². The van der Waals surface area contributed by atoms with Gasteiger partial charge in [0.1, 0.15) is 0 Å². The van der Waals surface area contributed by atoms with Crippen LogP contribution in [0.25, 0.3) is 0 Å². The Morgan fingerprint density at radius 1 is 1.53 bits per heavy atom. The maximum Gasteiger partial charge on any atom is 0.574 e. The van der Waals surface area contributed by atoms with Gasteiger partial charge >= 0.3 is 6.36 Å². The molecular weight excluding hydrogens is 303 g/mol.